The van der Waals surface area contributed by atoms with Gasteiger partial charge in [-0.05, 0) is 43.7 Å². The summed E-state index contributed by atoms with van der Waals surface area (Å²) in [4.78, 5) is 26.9. The van der Waals surface area contributed by atoms with E-state index in [2.05, 4.69) is 16.3 Å². The molecule has 2 N–H and O–H groups in total. The van der Waals surface area contributed by atoms with Crippen molar-refractivity contribution in [1.29, 1.82) is 5.26 Å². The van der Waals surface area contributed by atoms with Crippen molar-refractivity contribution in [2.75, 3.05) is 31.6 Å². The van der Waals surface area contributed by atoms with Crippen LogP contribution in [0, 0.1) is 17.2 Å². The van der Waals surface area contributed by atoms with Gasteiger partial charge in [-0.2, -0.15) is 5.26 Å². The molecular weight excluding hydrogens is 408 g/mol. The summed E-state index contributed by atoms with van der Waals surface area (Å²) < 4.78 is 7.82. The Bertz CT molecular complexity index is 1180. The van der Waals surface area contributed by atoms with Crippen LogP contribution in [-0.2, 0) is 0 Å². The molecule has 2 unspecified atom stereocenters. The summed E-state index contributed by atoms with van der Waals surface area (Å²) >= 11 is 0. The number of pyridine rings is 1. The monoisotopic (exact) mass is 436 g/mol. The maximum absolute atomic E-state index is 12.9. The zero-order valence-electron chi connectivity index (χ0n) is 18.3. The summed E-state index contributed by atoms with van der Waals surface area (Å²) in [5, 5.41) is 22.5. The molecule has 2 aliphatic carbocycles. The van der Waals surface area contributed by atoms with Crippen molar-refractivity contribution in [1.82, 2.24) is 9.88 Å². The summed E-state index contributed by atoms with van der Waals surface area (Å²) in [6, 6.07) is 6.06. The number of hydrogen-bond donors (Lipinski definition) is 2. The van der Waals surface area contributed by atoms with E-state index < -0.39 is 11.4 Å². The lowest BCUT2D eigenvalue weighted by molar-refractivity contribution is 0.0695. The normalized spacial score (nSPS) is 24.5. The Morgan fingerprint density at radius 2 is 2.19 bits per heavy atom. The summed E-state index contributed by atoms with van der Waals surface area (Å²) in [7, 11) is 1.61. The summed E-state index contributed by atoms with van der Waals surface area (Å²) in [6.07, 6.45) is 7.33. The number of nitrogens with zero attached hydrogens (tertiary/aromatic N) is 3. The Morgan fingerprint density at radius 1 is 1.38 bits per heavy atom. The van der Waals surface area contributed by atoms with Crippen LogP contribution in [0.2, 0.25) is 0 Å². The molecule has 0 amide bonds. The Kier molecular flexibility index (Phi) is 5.09. The number of fused-ring (bicyclic) bond motifs is 2. The van der Waals surface area contributed by atoms with Gasteiger partial charge in [-0.3, -0.25) is 4.79 Å². The van der Waals surface area contributed by atoms with Gasteiger partial charge in [0.1, 0.15) is 5.56 Å². The highest BCUT2D eigenvalue weighted by Crippen LogP contribution is 2.47. The first-order valence-corrected chi connectivity index (χ1v) is 11.3. The fourth-order valence-electron chi connectivity index (χ4n) is 5.78. The number of hydrogen-bond acceptors (Lipinski definition) is 6. The molecule has 2 atom stereocenters. The van der Waals surface area contributed by atoms with Crippen molar-refractivity contribution < 1.29 is 14.6 Å². The number of nitriles is 1. The van der Waals surface area contributed by atoms with E-state index in [1.807, 2.05) is 10.6 Å². The highest BCUT2D eigenvalue weighted by Gasteiger charge is 2.49. The van der Waals surface area contributed by atoms with E-state index in [9.17, 15) is 14.7 Å². The first-order chi connectivity index (χ1) is 15.5. The fraction of sp³-hybridized carbons (Fsp3) is 0.542. The Balaban J connectivity index is 1.59. The second-order valence-electron chi connectivity index (χ2n) is 9.29. The van der Waals surface area contributed by atoms with Crippen molar-refractivity contribution in [3.63, 3.8) is 0 Å². The summed E-state index contributed by atoms with van der Waals surface area (Å²) in [5.74, 6) is -0.0655. The smallest absolute Gasteiger partial charge is 0.341 e. The zero-order valence-corrected chi connectivity index (χ0v) is 18.3. The Morgan fingerprint density at radius 3 is 2.88 bits per heavy atom. The standard InChI is InChI=1S/C24H28N4O4/c1-32-22-19(27-12-15-4-2-9-24(15,14-27)26-11-3-10-25)8-7-17-20(22)28(16-5-6-16)13-18(21(17)29)23(30)31/h7-8,13,15-16,26H,2-6,9,11-12,14H2,1H3,(H,30,31). The molecule has 0 spiro atoms. The van der Waals surface area contributed by atoms with E-state index in [-0.39, 0.29) is 17.1 Å². The number of rotatable bonds is 7. The lowest BCUT2D eigenvalue weighted by Gasteiger charge is -2.31. The van der Waals surface area contributed by atoms with Crippen molar-refractivity contribution >= 4 is 22.6 Å². The molecule has 8 nitrogen and oxygen atoms in total. The minimum atomic E-state index is -1.20. The Hall–Kier alpha value is -3.05. The summed E-state index contributed by atoms with van der Waals surface area (Å²) in [5.41, 5.74) is 0.955. The van der Waals surface area contributed by atoms with Crippen LogP contribution in [0.15, 0.2) is 23.1 Å². The molecule has 2 heterocycles. The molecule has 1 saturated heterocycles. The predicted molar refractivity (Wildman–Crippen MR) is 121 cm³/mol. The van der Waals surface area contributed by atoms with Gasteiger partial charge >= 0.3 is 5.97 Å². The third kappa shape index (κ3) is 3.23. The molecule has 0 bridgehead atoms. The molecule has 5 rings (SSSR count). The predicted octanol–water partition coefficient (Wildman–Crippen LogP) is 2.91. The minimum absolute atomic E-state index is 0.000142. The van der Waals surface area contributed by atoms with Gasteiger partial charge in [0, 0.05) is 43.8 Å². The van der Waals surface area contributed by atoms with Crippen LogP contribution < -0.4 is 20.4 Å². The zero-order chi connectivity index (χ0) is 22.5. The molecule has 32 heavy (non-hydrogen) atoms. The average molecular weight is 437 g/mol. The molecule has 168 valence electrons. The van der Waals surface area contributed by atoms with Gasteiger partial charge in [0.25, 0.3) is 0 Å². The van der Waals surface area contributed by atoms with Crippen molar-refractivity contribution in [2.45, 2.75) is 50.1 Å². The first-order valence-electron chi connectivity index (χ1n) is 11.3. The third-order valence-electron chi connectivity index (χ3n) is 7.43. The first kappa shape index (κ1) is 20.8. The maximum atomic E-state index is 12.9. The number of aromatic carboxylic acids is 1. The molecule has 3 aliphatic rings. The number of methoxy groups -OCH3 is 1. The van der Waals surface area contributed by atoms with Crippen LogP contribution in [0.5, 0.6) is 5.75 Å². The Labute approximate surface area is 186 Å². The van der Waals surface area contributed by atoms with E-state index in [0.29, 0.717) is 35.5 Å². The molecule has 2 aromatic rings. The van der Waals surface area contributed by atoms with Gasteiger partial charge in [-0.25, -0.2) is 4.79 Å². The van der Waals surface area contributed by atoms with Gasteiger partial charge in [0.05, 0.1) is 29.8 Å². The molecule has 1 aromatic carbocycles. The average Bonchev–Trinajstić information content (AvgIpc) is 3.45. The second kappa shape index (κ2) is 7.82. The molecule has 2 saturated carbocycles. The van der Waals surface area contributed by atoms with Crippen LogP contribution in [-0.4, -0.2) is 47.9 Å². The van der Waals surface area contributed by atoms with E-state index >= 15 is 0 Å². The van der Waals surface area contributed by atoms with Crippen LogP contribution >= 0.6 is 0 Å². The van der Waals surface area contributed by atoms with Gasteiger partial charge in [-0.1, -0.05) is 6.42 Å². The lowest BCUT2D eigenvalue weighted by Crippen LogP contribution is -2.49. The second-order valence-corrected chi connectivity index (χ2v) is 9.29. The van der Waals surface area contributed by atoms with E-state index in [0.717, 1.165) is 44.5 Å². The molecular formula is C24H28N4O4. The number of carboxylic acid groups (broad SMARTS) is 1. The molecule has 1 aromatic heterocycles. The molecule has 1 aliphatic heterocycles. The minimum Gasteiger partial charge on any atom is -0.492 e. The number of carboxylic acids is 1. The van der Waals surface area contributed by atoms with Crippen molar-refractivity contribution in [2.24, 2.45) is 5.92 Å². The van der Waals surface area contributed by atoms with Crippen LogP contribution in [0.1, 0.15) is 54.9 Å². The quantitative estimate of drug-likeness (QED) is 0.643. The highest BCUT2D eigenvalue weighted by molar-refractivity contribution is 5.97. The van der Waals surface area contributed by atoms with Crippen molar-refractivity contribution in [3.05, 3.63) is 34.1 Å². The topological polar surface area (TPSA) is 108 Å². The largest absolute Gasteiger partial charge is 0.492 e. The van der Waals surface area contributed by atoms with Gasteiger partial charge < -0.3 is 24.6 Å². The highest BCUT2D eigenvalue weighted by atomic mass is 16.5. The van der Waals surface area contributed by atoms with E-state index in [1.165, 1.54) is 12.6 Å². The number of nitrogens with one attached hydrogen (secondary N) is 1. The summed E-state index contributed by atoms with van der Waals surface area (Å²) in [6.45, 7) is 2.41. The van der Waals surface area contributed by atoms with Gasteiger partial charge in [0.2, 0.25) is 5.43 Å². The number of ether oxygens (including phenoxy) is 1. The van der Waals surface area contributed by atoms with Gasteiger partial charge in [-0.15, -0.1) is 0 Å². The van der Waals surface area contributed by atoms with E-state index in [4.69, 9.17) is 10.00 Å². The molecule has 8 heteroatoms. The fourth-order valence-corrected chi connectivity index (χ4v) is 5.78. The van der Waals surface area contributed by atoms with Crippen LogP contribution in [0.25, 0.3) is 10.9 Å². The number of benzene rings is 1. The third-order valence-corrected chi connectivity index (χ3v) is 7.43. The lowest BCUT2D eigenvalue weighted by atomic mass is 9.90. The van der Waals surface area contributed by atoms with Gasteiger partial charge in [0.15, 0.2) is 5.75 Å². The number of anilines is 1. The maximum Gasteiger partial charge on any atom is 0.341 e. The van der Waals surface area contributed by atoms with Crippen LogP contribution in [0.3, 0.4) is 0 Å². The molecule has 0 radical (unpaired) electrons. The SMILES string of the molecule is COc1c(N2CC3CCCC3(NCCC#N)C2)ccc2c(=O)c(C(=O)O)cn(C3CC3)c12. The number of carbonyl (C=O) groups is 1. The van der Waals surface area contributed by atoms with Crippen molar-refractivity contribution in [3.8, 4) is 11.8 Å². The number of aromatic nitrogens is 1. The van der Waals surface area contributed by atoms with E-state index in [1.54, 1.807) is 13.2 Å². The van der Waals surface area contributed by atoms with Crippen LogP contribution in [0.4, 0.5) is 5.69 Å². The molecule has 3 fully saturated rings.